The molecule has 16 heavy (non-hydrogen) atoms. The van der Waals surface area contributed by atoms with Crippen molar-refractivity contribution in [2.24, 2.45) is 5.73 Å². The van der Waals surface area contributed by atoms with Crippen LogP contribution in [0.3, 0.4) is 0 Å². The average molecular weight is 223 g/mol. The first-order valence-corrected chi connectivity index (χ1v) is 6.50. The fourth-order valence-electron chi connectivity index (χ4n) is 2.17. The number of hydrogen-bond acceptors (Lipinski definition) is 2. The second kappa shape index (κ2) is 6.04. The number of nitrogens with two attached hydrogens (primary N) is 1. The van der Waals surface area contributed by atoms with Gasteiger partial charge in [0, 0.05) is 18.3 Å². The van der Waals surface area contributed by atoms with Gasteiger partial charge >= 0.3 is 0 Å². The topological polar surface area (TPSA) is 43.8 Å². The summed E-state index contributed by atoms with van der Waals surface area (Å²) in [6, 6.07) is 0.269. The van der Waals surface area contributed by atoms with Gasteiger partial charge in [-0.05, 0) is 38.2 Å². The van der Waals surface area contributed by atoms with Crippen LogP contribution in [0.5, 0.6) is 0 Å². The third kappa shape index (κ3) is 2.64. The van der Waals surface area contributed by atoms with E-state index in [1.807, 2.05) is 0 Å². The number of aryl methyl sites for hydroxylation is 2. The maximum Gasteiger partial charge on any atom is 0.0657 e. The fourth-order valence-corrected chi connectivity index (χ4v) is 2.17. The minimum Gasteiger partial charge on any atom is -0.327 e. The van der Waals surface area contributed by atoms with E-state index < -0.39 is 0 Å². The second-order valence-electron chi connectivity index (χ2n) is 4.27. The molecular weight excluding hydrogens is 198 g/mol. The molecule has 1 atom stereocenters. The molecule has 0 spiro atoms. The molecule has 0 aromatic carbocycles. The van der Waals surface area contributed by atoms with Crippen LogP contribution in [0.15, 0.2) is 0 Å². The minimum absolute atomic E-state index is 0.269. The summed E-state index contributed by atoms with van der Waals surface area (Å²) >= 11 is 0. The lowest BCUT2D eigenvalue weighted by atomic mass is 10.00. The summed E-state index contributed by atoms with van der Waals surface area (Å²) in [7, 11) is 0. The Balaban J connectivity index is 3.06. The van der Waals surface area contributed by atoms with Crippen molar-refractivity contribution >= 4 is 0 Å². The van der Waals surface area contributed by atoms with Gasteiger partial charge in [-0.25, -0.2) is 0 Å². The van der Waals surface area contributed by atoms with Crippen molar-refractivity contribution in [2.45, 2.75) is 66.0 Å². The summed E-state index contributed by atoms with van der Waals surface area (Å²) in [5.41, 5.74) is 10.1. The van der Waals surface area contributed by atoms with E-state index in [0.29, 0.717) is 0 Å². The Morgan fingerprint density at radius 2 is 1.88 bits per heavy atom. The van der Waals surface area contributed by atoms with Gasteiger partial charge in [-0.3, -0.25) is 4.68 Å². The Labute approximate surface area is 99.0 Å². The molecule has 0 amide bonds. The van der Waals surface area contributed by atoms with Crippen LogP contribution in [0.2, 0.25) is 0 Å². The standard InChI is InChI=1S/C13H25N3/c1-5-10(14)9-11-12(6-2)15-16(8-4)13(11)7-3/h10H,5-9,14H2,1-4H3. The summed E-state index contributed by atoms with van der Waals surface area (Å²) in [6.45, 7) is 9.62. The van der Waals surface area contributed by atoms with E-state index in [1.54, 1.807) is 0 Å². The molecule has 3 heteroatoms. The van der Waals surface area contributed by atoms with Gasteiger partial charge in [-0.15, -0.1) is 0 Å². The molecular formula is C13H25N3. The molecule has 2 N–H and O–H groups in total. The maximum atomic E-state index is 6.07. The molecule has 1 rings (SSSR count). The maximum absolute atomic E-state index is 6.07. The van der Waals surface area contributed by atoms with Crippen molar-refractivity contribution in [3.8, 4) is 0 Å². The van der Waals surface area contributed by atoms with Gasteiger partial charge < -0.3 is 5.73 Å². The highest BCUT2D eigenvalue weighted by atomic mass is 15.3. The average Bonchev–Trinajstić information content (AvgIpc) is 2.65. The van der Waals surface area contributed by atoms with Gasteiger partial charge in [0.1, 0.15) is 0 Å². The lowest BCUT2D eigenvalue weighted by molar-refractivity contribution is 0.611. The van der Waals surface area contributed by atoms with E-state index in [-0.39, 0.29) is 6.04 Å². The highest BCUT2D eigenvalue weighted by Crippen LogP contribution is 2.18. The third-order valence-corrected chi connectivity index (χ3v) is 3.21. The molecule has 0 fully saturated rings. The Bertz CT molecular complexity index is 328. The largest absolute Gasteiger partial charge is 0.327 e. The molecule has 1 unspecified atom stereocenters. The van der Waals surface area contributed by atoms with Gasteiger partial charge in [0.05, 0.1) is 5.69 Å². The molecule has 0 saturated carbocycles. The first-order valence-electron chi connectivity index (χ1n) is 6.50. The molecule has 0 aliphatic carbocycles. The Morgan fingerprint density at radius 3 is 2.31 bits per heavy atom. The van der Waals surface area contributed by atoms with Crippen molar-refractivity contribution in [3.05, 3.63) is 17.0 Å². The highest BCUT2D eigenvalue weighted by molar-refractivity contribution is 5.27. The molecule has 0 aliphatic heterocycles. The van der Waals surface area contributed by atoms with Crippen molar-refractivity contribution in [3.63, 3.8) is 0 Å². The molecule has 1 aromatic rings. The van der Waals surface area contributed by atoms with Gasteiger partial charge in [0.15, 0.2) is 0 Å². The van der Waals surface area contributed by atoms with E-state index in [0.717, 1.165) is 32.2 Å². The fraction of sp³-hybridized carbons (Fsp3) is 0.769. The van der Waals surface area contributed by atoms with E-state index in [2.05, 4.69) is 37.5 Å². The van der Waals surface area contributed by atoms with Crippen LogP contribution in [-0.2, 0) is 25.8 Å². The van der Waals surface area contributed by atoms with Crippen LogP contribution in [-0.4, -0.2) is 15.8 Å². The molecule has 1 heterocycles. The van der Waals surface area contributed by atoms with Crippen LogP contribution in [0.25, 0.3) is 0 Å². The zero-order valence-corrected chi connectivity index (χ0v) is 11.1. The van der Waals surface area contributed by atoms with Gasteiger partial charge in [0.25, 0.3) is 0 Å². The summed E-state index contributed by atoms with van der Waals surface area (Å²) in [6.07, 6.45) is 4.06. The van der Waals surface area contributed by atoms with Gasteiger partial charge in [-0.2, -0.15) is 5.10 Å². The quantitative estimate of drug-likeness (QED) is 0.804. The number of nitrogens with zero attached hydrogens (tertiary/aromatic N) is 2. The second-order valence-corrected chi connectivity index (χ2v) is 4.27. The molecule has 0 saturated heterocycles. The smallest absolute Gasteiger partial charge is 0.0657 e. The number of rotatable bonds is 6. The van der Waals surface area contributed by atoms with E-state index in [4.69, 9.17) is 5.73 Å². The van der Waals surface area contributed by atoms with Crippen molar-refractivity contribution in [1.29, 1.82) is 0 Å². The summed E-state index contributed by atoms with van der Waals surface area (Å²) < 4.78 is 2.14. The Kier molecular flexibility index (Phi) is 5.00. The molecule has 0 bridgehead atoms. The zero-order valence-electron chi connectivity index (χ0n) is 11.1. The zero-order chi connectivity index (χ0) is 12.1. The van der Waals surface area contributed by atoms with Crippen LogP contribution in [0, 0.1) is 0 Å². The summed E-state index contributed by atoms with van der Waals surface area (Å²) in [4.78, 5) is 0. The first-order chi connectivity index (χ1) is 7.67. The van der Waals surface area contributed by atoms with E-state index in [1.165, 1.54) is 17.0 Å². The molecule has 0 radical (unpaired) electrons. The third-order valence-electron chi connectivity index (χ3n) is 3.21. The van der Waals surface area contributed by atoms with Gasteiger partial charge in [-0.1, -0.05) is 20.8 Å². The SMILES string of the molecule is CCc1nn(CC)c(CC)c1CC(N)CC. The Morgan fingerprint density at radius 1 is 1.19 bits per heavy atom. The van der Waals surface area contributed by atoms with Crippen molar-refractivity contribution < 1.29 is 0 Å². The Hall–Kier alpha value is -0.830. The van der Waals surface area contributed by atoms with Gasteiger partial charge in [0.2, 0.25) is 0 Å². The molecule has 0 aliphatic rings. The van der Waals surface area contributed by atoms with Crippen LogP contribution < -0.4 is 5.73 Å². The van der Waals surface area contributed by atoms with E-state index >= 15 is 0 Å². The lowest BCUT2D eigenvalue weighted by Crippen LogP contribution is -2.22. The predicted octanol–water partition coefficient (Wildman–Crippen LogP) is 2.31. The predicted molar refractivity (Wildman–Crippen MR) is 68.6 cm³/mol. The molecule has 92 valence electrons. The number of hydrogen-bond donors (Lipinski definition) is 1. The highest BCUT2D eigenvalue weighted by Gasteiger charge is 2.16. The van der Waals surface area contributed by atoms with Crippen LogP contribution in [0.1, 0.15) is 51.1 Å². The first kappa shape index (κ1) is 13.2. The number of aromatic nitrogens is 2. The lowest BCUT2D eigenvalue weighted by Gasteiger charge is -2.10. The summed E-state index contributed by atoms with van der Waals surface area (Å²) in [5.74, 6) is 0. The van der Waals surface area contributed by atoms with Crippen LogP contribution in [0.4, 0.5) is 0 Å². The van der Waals surface area contributed by atoms with Crippen molar-refractivity contribution in [2.75, 3.05) is 0 Å². The normalized spacial score (nSPS) is 13.1. The molecule has 1 aromatic heterocycles. The molecule has 3 nitrogen and oxygen atoms in total. The van der Waals surface area contributed by atoms with E-state index in [9.17, 15) is 0 Å². The monoisotopic (exact) mass is 223 g/mol. The van der Waals surface area contributed by atoms with Crippen LogP contribution >= 0.6 is 0 Å². The van der Waals surface area contributed by atoms with Crippen molar-refractivity contribution in [1.82, 2.24) is 9.78 Å². The summed E-state index contributed by atoms with van der Waals surface area (Å²) in [5, 5.41) is 4.67. The minimum atomic E-state index is 0.269.